The fraction of sp³-hybridized carbons (Fsp3) is 0.462. The van der Waals surface area contributed by atoms with Crippen LogP contribution in [0.15, 0.2) is 22.7 Å². The van der Waals surface area contributed by atoms with Crippen LogP contribution in [0.4, 0.5) is 5.69 Å². The van der Waals surface area contributed by atoms with E-state index in [0.717, 1.165) is 41.7 Å². The largest absolute Gasteiger partial charge is 0.389 e. The average molecular weight is 328 g/mol. The first-order valence-electron chi connectivity index (χ1n) is 6.11. The van der Waals surface area contributed by atoms with Crippen LogP contribution in [0.3, 0.4) is 0 Å². The molecule has 1 heterocycles. The molecule has 0 radical (unpaired) electrons. The van der Waals surface area contributed by atoms with Crippen molar-refractivity contribution in [2.45, 2.75) is 18.9 Å². The quantitative estimate of drug-likeness (QED) is 0.837. The van der Waals surface area contributed by atoms with Gasteiger partial charge >= 0.3 is 0 Å². The highest BCUT2D eigenvalue weighted by Gasteiger charge is 2.18. The number of piperidine rings is 1. The predicted molar refractivity (Wildman–Crippen MR) is 84.2 cm³/mol. The highest BCUT2D eigenvalue weighted by atomic mass is 79.9. The van der Waals surface area contributed by atoms with Gasteiger partial charge in [-0.3, -0.25) is 0 Å². The van der Waals surface area contributed by atoms with Gasteiger partial charge in [0.25, 0.3) is 0 Å². The average Bonchev–Trinajstić information content (AvgIpc) is 2.32. The number of anilines is 1. The van der Waals surface area contributed by atoms with Gasteiger partial charge in [0.2, 0.25) is 0 Å². The number of nitrogens with zero attached hydrogens (tertiary/aromatic N) is 1. The lowest BCUT2D eigenvalue weighted by Crippen LogP contribution is -2.37. The van der Waals surface area contributed by atoms with Gasteiger partial charge in [-0.2, -0.15) is 0 Å². The molecule has 1 saturated heterocycles. The van der Waals surface area contributed by atoms with E-state index in [1.807, 2.05) is 18.2 Å². The molecule has 18 heavy (non-hydrogen) atoms. The Labute approximate surface area is 122 Å². The van der Waals surface area contributed by atoms with E-state index in [1.54, 1.807) is 0 Å². The van der Waals surface area contributed by atoms with E-state index in [9.17, 15) is 0 Å². The smallest absolute Gasteiger partial charge is 0.107 e. The van der Waals surface area contributed by atoms with Gasteiger partial charge in [-0.1, -0.05) is 18.3 Å². The maximum atomic E-state index is 5.80. The third kappa shape index (κ3) is 3.22. The summed E-state index contributed by atoms with van der Waals surface area (Å²) >= 11 is 8.63. The zero-order chi connectivity index (χ0) is 13.1. The van der Waals surface area contributed by atoms with Gasteiger partial charge in [-0.15, -0.1) is 0 Å². The summed E-state index contributed by atoms with van der Waals surface area (Å²) in [6.07, 6.45) is 2.31. The summed E-state index contributed by atoms with van der Waals surface area (Å²) in [7, 11) is 2.16. The molecule has 0 spiro atoms. The second-order valence-electron chi connectivity index (χ2n) is 4.75. The number of hydrogen-bond donors (Lipinski definition) is 2. The van der Waals surface area contributed by atoms with Crippen LogP contribution < -0.4 is 11.1 Å². The summed E-state index contributed by atoms with van der Waals surface area (Å²) in [6, 6.07) is 6.51. The van der Waals surface area contributed by atoms with Crippen LogP contribution in [0.1, 0.15) is 18.4 Å². The van der Waals surface area contributed by atoms with Crippen molar-refractivity contribution in [1.29, 1.82) is 0 Å². The van der Waals surface area contributed by atoms with E-state index < -0.39 is 0 Å². The van der Waals surface area contributed by atoms with Crippen molar-refractivity contribution in [2.75, 3.05) is 25.5 Å². The van der Waals surface area contributed by atoms with Crippen molar-refractivity contribution in [1.82, 2.24) is 4.90 Å². The second kappa shape index (κ2) is 5.99. The summed E-state index contributed by atoms with van der Waals surface area (Å²) in [4.78, 5) is 2.78. The zero-order valence-electron chi connectivity index (χ0n) is 10.4. The molecule has 1 aromatic carbocycles. The van der Waals surface area contributed by atoms with Gasteiger partial charge in [0, 0.05) is 21.8 Å². The number of halogens is 1. The fourth-order valence-electron chi connectivity index (χ4n) is 2.27. The van der Waals surface area contributed by atoms with E-state index in [4.69, 9.17) is 18.0 Å². The minimum atomic E-state index is 0.429. The lowest BCUT2D eigenvalue weighted by Gasteiger charge is -2.30. The van der Waals surface area contributed by atoms with E-state index in [2.05, 4.69) is 33.2 Å². The van der Waals surface area contributed by atoms with Gasteiger partial charge in [-0.25, -0.2) is 0 Å². The molecule has 0 aromatic heterocycles. The first-order valence-corrected chi connectivity index (χ1v) is 7.31. The van der Waals surface area contributed by atoms with Crippen molar-refractivity contribution >= 4 is 38.8 Å². The topological polar surface area (TPSA) is 41.3 Å². The molecule has 98 valence electrons. The molecular formula is C13H18BrN3S. The second-order valence-corrected chi connectivity index (χ2v) is 6.04. The third-order valence-electron chi connectivity index (χ3n) is 3.34. The summed E-state index contributed by atoms with van der Waals surface area (Å²) in [5.41, 5.74) is 7.74. The van der Waals surface area contributed by atoms with Crippen LogP contribution >= 0.6 is 28.1 Å². The van der Waals surface area contributed by atoms with Crippen LogP contribution in [0, 0.1) is 0 Å². The summed E-state index contributed by atoms with van der Waals surface area (Å²) < 4.78 is 0.952. The van der Waals surface area contributed by atoms with Crippen LogP contribution in [-0.4, -0.2) is 36.1 Å². The molecule has 0 amide bonds. The van der Waals surface area contributed by atoms with E-state index >= 15 is 0 Å². The third-order valence-corrected chi connectivity index (χ3v) is 4.20. The first kappa shape index (κ1) is 13.8. The molecule has 0 unspecified atom stereocenters. The van der Waals surface area contributed by atoms with Crippen molar-refractivity contribution in [3.8, 4) is 0 Å². The maximum absolute atomic E-state index is 5.80. The van der Waals surface area contributed by atoms with Crippen molar-refractivity contribution in [3.63, 3.8) is 0 Å². The predicted octanol–water partition coefficient (Wildman–Crippen LogP) is 2.59. The maximum Gasteiger partial charge on any atom is 0.107 e. The van der Waals surface area contributed by atoms with Crippen molar-refractivity contribution in [2.24, 2.45) is 5.73 Å². The minimum Gasteiger partial charge on any atom is -0.389 e. The molecular weight excluding hydrogens is 310 g/mol. The Balaban J connectivity index is 2.14. The Hall–Kier alpha value is -0.650. The molecule has 1 aliphatic heterocycles. The standard InChI is InChI=1S/C13H18BrN3S/c1-17-7-5-9(6-8-17)16-11-4-2-3-10(14)12(11)13(15)18/h2-4,9,16H,5-8H2,1H3,(H2,15,18). The number of hydrogen-bond acceptors (Lipinski definition) is 3. The van der Waals surface area contributed by atoms with Crippen molar-refractivity contribution < 1.29 is 0 Å². The number of rotatable bonds is 3. The molecule has 0 atom stereocenters. The fourth-order valence-corrected chi connectivity index (χ4v) is 3.20. The van der Waals surface area contributed by atoms with Crippen molar-refractivity contribution in [3.05, 3.63) is 28.2 Å². The molecule has 1 fully saturated rings. The Morgan fingerprint density at radius 1 is 1.44 bits per heavy atom. The normalized spacial score (nSPS) is 17.7. The number of likely N-dealkylation sites (tertiary alicyclic amines) is 1. The Kier molecular flexibility index (Phi) is 4.59. The van der Waals surface area contributed by atoms with Gasteiger partial charge in [-0.05, 0) is 61.0 Å². The molecule has 0 saturated carbocycles. The monoisotopic (exact) mass is 327 g/mol. The van der Waals surface area contributed by atoms with E-state index in [-0.39, 0.29) is 0 Å². The van der Waals surface area contributed by atoms with Gasteiger partial charge in [0.1, 0.15) is 4.99 Å². The highest BCUT2D eigenvalue weighted by molar-refractivity contribution is 9.10. The highest BCUT2D eigenvalue weighted by Crippen LogP contribution is 2.26. The number of thiocarbonyl (C=S) groups is 1. The number of benzene rings is 1. The summed E-state index contributed by atoms with van der Waals surface area (Å²) in [5.74, 6) is 0. The number of nitrogens with two attached hydrogens (primary N) is 1. The molecule has 3 nitrogen and oxygen atoms in total. The van der Waals surface area contributed by atoms with Crippen LogP contribution in [0.5, 0.6) is 0 Å². The molecule has 0 aliphatic carbocycles. The Morgan fingerprint density at radius 2 is 2.11 bits per heavy atom. The van der Waals surface area contributed by atoms with E-state index in [1.165, 1.54) is 0 Å². The molecule has 0 bridgehead atoms. The van der Waals surface area contributed by atoms with E-state index in [0.29, 0.717) is 11.0 Å². The Bertz CT molecular complexity index is 442. The molecule has 3 N–H and O–H groups in total. The van der Waals surface area contributed by atoms with Crippen LogP contribution in [0.25, 0.3) is 0 Å². The van der Waals surface area contributed by atoms with Gasteiger partial charge in [0.05, 0.1) is 0 Å². The molecule has 1 aliphatic rings. The SMILES string of the molecule is CN1CCC(Nc2cccc(Br)c2C(N)=S)CC1. The molecule has 1 aromatic rings. The van der Waals surface area contributed by atoms with Crippen LogP contribution in [0.2, 0.25) is 0 Å². The lowest BCUT2D eigenvalue weighted by molar-refractivity contribution is 0.264. The molecule has 2 rings (SSSR count). The van der Waals surface area contributed by atoms with Gasteiger partial charge < -0.3 is 16.0 Å². The lowest BCUT2D eigenvalue weighted by atomic mass is 10.0. The van der Waals surface area contributed by atoms with Gasteiger partial charge in [0.15, 0.2) is 0 Å². The summed E-state index contributed by atoms with van der Waals surface area (Å²) in [6.45, 7) is 2.27. The molecule has 5 heteroatoms. The zero-order valence-corrected chi connectivity index (χ0v) is 12.9. The minimum absolute atomic E-state index is 0.429. The van der Waals surface area contributed by atoms with Crippen LogP contribution in [-0.2, 0) is 0 Å². The Morgan fingerprint density at radius 3 is 2.72 bits per heavy atom. The summed E-state index contributed by atoms with van der Waals surface area (Å²) in [5, 5.41) is 3.57. The number of nitrogens with one attached hydrogen (secondary N) is 1. The first-order chi connectivity index (χ1) is 8.58.